The van der Waals surface area contributed by atoms with Crippen molar-refractivity contribution in [1.82, 2.24) is 10.2 Å². The Labute approximate surface area is 194 Å². The molecule has 2 amide bonds. The SMILES string of the molecule is CC12CN(C(=O)C(F)(F)CNC(=O)OCC3c4ccccc4-c4ccccc43)C(C(=O)O)(C1)C2. The van der Waals surface area contributed by atoms with E-state index in [2.05, 4.69) is 0 Å². The number of benzene rings is 2. The number of alkyl carbamates (subject to hydrolysis) is 1. The second-order valence-electron chi connectivity index (χ2n) is 9.78. The van der Waals surface area contributed by atoms with Gasteiger partial charge in [0.15, 0.2) is 0 Å². The molecule has 2 aliphatic heterocycles. The van der Waals surface area contributed by atoms with Crippen LogP contribution in [0.3, 0.4) is 0 Å². The monoisotopic (exact) mass is 470 g/mol. The number of carbonyl (C=O) groups excluding carboxylic acids is 2. The first-order chi connectivity index (χ1) is 16.1. The molecule has 4 aliphatic rings. The highest BCUT2D eigenvalue weighted by atomic mass is 19.3. The molecule has 7 nitrogen and oxygen atoms in total. The minimum absolute atomic E-state index is 0.0430. The fourth-order valence-electron chi connectivity index (χ4n) is 5.83. The average Bonchev–Trinajstić information content (AvgIpc) is 3.39. The molecule has 9 heteroatoms. The molecule has 3 fully saturated rings. The van der Waals surface area contributed by atoms with E-state index in [1.54, 1.807) is 6.92 Å². The van der Waals surface area contributed by atoms with Gasteiger partial charge in [-0.05, 0) is 40.5 Å². The van der Waals surface area contributed by atoms with Crippen molar-refractivity contribution in [3.8, 4) is 11.1 Å². The molecule has 34 heavy (non-hydrogen) atoms. The summed E-state index contributed by atoms with van der Waals surface area (Å²) in [6.07, 6.45) is -0.770. The third-order valence-electron chi connectivity index (χ3n) is 7.25. The van der Waals surface area contributed by atoms with Crippen LogP contribution in [0.5, 0.6) is 0 Å². The van der Waals surface area contributed by atoms with E-state index in [4.69, 9.17) is 4.74 Å². The minimum atomic E-state index is -3.96. The summed E-state index contributed by atoms with van der Waals surface area (Å²) in [5.74, 6) is -7.05. The van der Waals surface area contributed by atoms with Crippen molar-refractivity contribution in [1.29, 1.82) is 0 Å². The lowest BCUT2D eigenvalue weighted by Gasteiger charge is -2.43. The molecule has 2 saturated heterocycles. The summed E-state index contributed by atoms with van der Waals surface area (Å²) in [5.41, 5.74) is 1.99. The molecule has 2 aliphatic carbocycles. The third-order valence-corrected chi connectivity index (χ3v) is 7.25. The molecule has 6 rings (SSSR count). The van der Waals surface area contributed by atoms with Gasteiger partial charge in [0.2, 0.25) is 0 Å². The maximum Gasteiger partial charge on any atom is 0.407 e. The number of halogens is 2. The normalized spacial score (nSPS) is 24.7. The molecule has 1 saturated carbocycles. The summed E-state index contributed by atoms with van der Waals surface area (Å²) in [5, 5.41) is 11.5. The minimum Gasteiger partial charge on any atom is -0.479 e. The Hall–Kier alpha value is -3.49. The zero-order chi connectivity index (χ0) is 24.3. The lowest BCUT2D eigenvalue weighted by atomic mass is 9.63. The van der Waals surface area contributed by atoms with E-state index < -0.39 is 41.4 Å². The van der Waals surface area contributed by atoms with E-state index in [-0.39, 0.29) is 31.9 Å². The van der Waals surface area contributed by atoms with Gasteiger partial charge in [-0.3, -0.25) is 4.79 Å². The van der Waals surface area contributed by atoms with E-state index >= 15 is 0 Å². The van der Waals surface area contributed by atoms with Gasteiger partial charge in [-0.25, -0.2) is 9.59 Å². The topological polar surface area (TPSA) is 95.9 Å². The first-order valence-electron chi connectivity index (χ1n) is 11.1. The second kappa shape index (κ2) is 7.51. The van der Waals surface area contributed by atoms with Crippen molar-refractivity contribution in [2.75, 3.05) is 19.7 Å². The molecular weight excluding hydrogens is 446 g/mol. The van der Waals surface area contributed by atoms with Crippen LogP contribution < -0.4 is 5.32 Å². The molecule has 178 valence electrons. The Kier molecular flexibility index (Phi) is 4.93. The fourth-order valence-corrected chi connectivity index (χ4v) is 5.83. The van der Waals surface area contributed by atoms with Crippen LogP contribution in [-0.4, -0.2) is 59.1 Å². The van der Waals surface area contributed by atoms with Crippen LogP contribution in [0.15, 0.2) is 48.5 Å². The molecule has 2 aromatic carbocycles. The molecule has 0 spiro atoms. The van der Waals surface area contributed by atoms with Crippen LogP contribution in [0.1, 0.15) is 36.8 Å². The Morgan fingerprint density at radius 3 is 2.21 bits per heavy atom. The van der Waals surface area contributed by atoms with Gasteiger partial charge in [-0.1, -0.05) is 55.5 Å². The number of hydrogen-bond acceptors (Lipinski definition) is 4. The predicted molar refractivity (Wildman–Crippen MR) is 117 cm³/mol. The van der Waals surface area contributed by atoms with Crippen LogP contribution >= 0.6 is 0 Å². The van der Waals surface area contributed by atoms with Gasteiger partial charge in [0.1, 0.15) is 12.1 Å². The van der Waals surface area contributed by atoms with Gasteiger partial charge in [0, 0.05) is 12.5 Å². The molecule has 0 radical (unpaired) electrons. The molecule has 2 aromatic rings. The van der Waals surface area contributed by atoms with E-state index in [1.807, 2.05) is 53.8 Å². The molecule has 2 N–H and O–H groups in total. The van der Waals surface area contributed by atoms with Crippen molar-refractivity contribution >= 4 is 18.0 Å². The molecule has 2 heterocycles. The Morgan fingerprint density at radius 1 is 1.09 bits per heavy atom. The summed E-state index contributed by atoms with van der Waals surface area (Å²) >= 11 is 0. The number of nitrogens with zero attached hydrogens (tertiary/aromatic N) is 1. The van der Waals surface area contributed by atoms with E-state index in [9.17, 15) is 28.3 Å². The van der Waals surface area contributed by atoms with Crippen molar-refractivity contribution in [2.45, 2.75) is 37.1 Å². The van der Waals surface area contributed by atoms with Crippen molar-refractivity contribution in [3.05, 3.63) is 59.7 Å². The molecule has 0 unspecified atom stereocenters. The zero-order valence-corrected chi connectivity index (χ0v) is 18.5. The van der Waals surface area contributed by atoms with Gasteiger partial charge < -0.3 is 20.1 Å². The Balaban J connectivity index is 1.21. The predicted octanol–water partition coefficient (Wildman–Crippen LogP) is 3.63. The quantitative estimate of drug-likeness (QED) is 0.672. The molecule has 2 bridgehead atoms. The van der Waals surface area contributed by atoms with Crippen molar-refractivity contribution < 1.29 is 33.0 Å². The van der Waals surface area contributed by atoms with Gasteiger partial charge in [-0.15, -0.1) is 0 Å². The highest BCUT2D eigenvalue weighted by molar-refractivity contribution is 5.93. The standard InChI is InChI=1S/C25H24F2N2O5/c1-23-11-24(12-23,21(31)32)29(14-23)20(30)25(26,27)13-28-22(33)34-10-19-17-8-4-2-6-15(17)16-7-3-5-9-18(16)19/h2-9,19H,10-14H2,1H3,(H,28,33)(H,31,32). The van der Waals surface area contributed by atoms with Gasteiger partial charge >= 0.3 is 18.0 Å². The smallest absolute Gasteiger partial charge is 0.407 e. The van der Waals surface area contributed by atoms with Gasteiger partial charge in [-0.2, -0.15) is 8.78 Å². The number of carboxylic acid groups (broad SMARTS) is 1. The highest BCUT2D eigenvalue weighted by Crippen LogP contribution is 2.59. The van der Waals surface area contributed by atoms with Crippen LogP contribution in [0.2, 0.25) is 0 Å². The summed E-state index contributed by atoms with van der Waals surface area (Å²) in [6, 6.07) is 15.4. The van der Waals surface area contributed by atoms with Crippen LogP contribution in [0.25, 0.3) is 11.1 Å². The summed E-state index contributed by atoms with van der Waals surface area (Å²) in [6.45, 7) is 0.407. The number of hydrogen-bond donors (Lipinski definition) is 2. The van der Waals surface area contributed by atoms with E-state index in [0.717, 1.165) is 27.2 Å². The first-order valence-corrected chi connectivity index (χ1v) is 11.1. The van der Waals surface area contributed by atoms with Crippen LogP contribution in [-0.2, 0) is 14.3 Å². The molecular formula is C25H24F2N2O5. The van der Waals surface area contributed by atoms with Crippen LogP contribution in [0, 0.1) is 5.41 Å². The zero-order valence-electron chi connectivity index (χ0n) is 18.5. The summed E-state index contributed by atoms with van der Waals surface area (Å²) in [4.78, 5) is 37.2. The van der Waals surface area contributed by atoms with Gasteiger partial charge in [0.05, 0.1) is 6.54 Å². The molecule has 0 aromatic heterocycles. The number of amides is 2. The third kappa shape index (κ3) is 3.33. The largest absolute Gasteiger partial charge is 0.479 e. The number of ether oxygens (including phenoxy) is 1. The van der Waals surface area contributed by atoms with Crippen LogP contribution in [0.4, 0.5) is 13.6 Å². The van der Waals surface area contributed by atoms with E-state index in [1.165, 1.54) is 0 Å². The fraction of sp³-hybridized carbons (Fsp3) is 0.400. The number of alkyl halides is 2. The Bertz CT molecular complexity index is 1150. The van der Waals surface area contributed by atoms with Crippen molar-refractivity contribution in [3.63, 3.8) is 0 Å². The molecule has 0 atom stereocenters. The lowest BCUT2D eigenvalue weighted by molar-refractivity contribution is -0.171. The second-order valence-corrected chi connectivity index (χ2v) is 9.78. The number of rotatable bonds is 6. The average molecular weight is 470 g/mol. The number of carbonyl (C=O) groups is 3. The summed E-state index contributed by atoms with van der Waals surface area (Å²) < 4.78 is 34.6. The first kappa shape index (κ1) is 22.3. The highest BCUT2D eigenvalue weighted by Gasteiger charge is 2.70. The number of carboxylic acids is 1. The Morgan fingerprint density at radius 2 is 1.65 bits per heavy atom. The number of nitrogens with one attached hydrogen (secondary N) is 1. The van der Waals surface area contributed by atoms with Gasteiger partial charge in [0.25, 0.3) is 5.91 Å². The van der Waals surface area contributed by atoms with Crippen molar-refractivity contribution in [2.24, 2.45) is 5.41 Å². The number of fused-ring (bicyclic) bond motifs is 4. The number of aliphatic carboxylic acids is 1. The maximum atomic E-state index is 14.7. The maximum absolute atomic E-state index is 14.7. The lowest BCUT2D eigenvalue weighted by Crippen LogP contribution is -2.60. The van der Waals surface area contributed by atoms with E-state index in [0.29, 0.717) is 0 Å². The summed E-state index contributed by atoms with van der Waals surface area (Å²) in [7, 11) is 0.